The molecule has 0 aromatic rings. The minimum absolute atomic E-state index is 0.0883. The summed E-state index contributed by atoms with van der Waals surface area (Å²) in [7, 11) is 0. The van der Waals surface area contributed by atoms with E-state index in [1.54, 1.807) is 6.92 Å². The first-order valence-electron chi connectivity index (χ1n) is 4.69. The maximum Gasteiger partial charge on any atom is 0.244 e. The van der Waals surface area contributed by atoms with Crippen molar-refractivity contribution < 1.29 is 14.6 Å². The van der Waals surface area contributed by atoms with Crippen LogP contribution < -0.4 is 16.4 Å². The predicted octanol–water partition coefficient (Wildman–Crippen LogP) is -2.29. The number of amides is 1. The second kappa shape index (κ2) is 3.16. The van der Waals surface area contributed by atoms with E-state index in [0.717, 1.165) is 0 Å². The molecule has 2 heterocycles. The summed E-state index contributed by atoms with van der Waals surface area (Å²) in [6.45, 7) is 1.84. The van der Waals surface area contributed by atoms with Gasteiger partial charge in [0.1, 0.15) is 5.54 Å². The highest BCUT2D eigenvalue weighted by Crippen LogP contribution is 2.29. The molecule has 0 bridgehead atoms. The number of epoxide rings is 1. The first-order chi connectivity index (χ1) is 6.64. The third-order valence-corrected chi connectivity index (χ3v) is 3.01. The molecule has 5 N–H and O–H groups in total. The molecule has 14 heavy (non-hydrogen) atoms. The number of aliphatic hydroxyl groups excluding tert-OH is 1. The zero-order valence-electron chi connectivity index (χ0n) is 7.99. The summed E-state index contributed by atoms with van der Waals surface area (Å²) >= 11 is 0. The fourth-order valence-electron chi connectivity index (χ4n) is 1.78. The van der Waals surface area contributed by atoms with Gasteiger partial charge in [0.2, 0.25) is 5.91 Å². The molecule has 4 unspecified atom stereocenters. The number of hydrogen-bond acceptors (Lipinski definition) is 5. The molecule has 0 aliphatic carbocycles. The van der Waals surface area contributed by atoms with Gasteiger partial charge in [-0.25, -0.2) is 0 Å². The van der Waals surface area contributed by atoms with Crippen molar-refractivity contribution in [2.75, 3.05) is 13.2 Å². The van der Waals surface area contributed by atoms with Crippen LogP contribution in [0.3, 0.4) is 0 Å². The van der Waals surface area contributed by atoms with E-state index in [0.29, 0.717) is 0 Å². The van der Waals surface area contributed by atoms with Crippen LogP contribution in [0.1, 0.15) is 6.92 Å². The molecule has 1 amide bonds. The minimum atomic E-state index is -0.896. The molecule has 2 fully saturated rings. The van der Waals surface area contributed by atoms with Gasteiger partial charge >= 0.3 is 0 Å². The highest BCUT2D eigenvalue weighted by atomic mass is 16.6. The molecule has 6 nitrogen and oxygen atoms in total. The number of fused-ring (bicyclic) bond motifs is 1. The van der Waals surface area contributed by atoms with Gasteiger partial charge in [0.05, 0.1) is 0 Å². The van der Waals surface area contributed by atoms with Crippen LogP contribution in [-0.4, -0.2) is 42.2 Å². The Morgan fingerprint density at radius 2 is 2.43 bits per heavy atom. The average molecular weight is 201 g/mol. The maximum atomic E-state index is 11.7. The zero-order chi connectivity index (χ0) is 10.3. The second-order valence-corrected chi connectivity index (χ2v) is 3.85. The van der Waals surface area contributed by atoms with E-state index >= 15 is 0 Å². The Bertz CT molecular complexity index is 260. The first kappa shape index (κ1) is 9.85. The van der Waals surface area contributed by atoms with Crippen molar-refractivity contribution >= 4 is 5.91 Å². The second-order valence-electron chi connectivity index (χ2n) is 3.85. The van der Waals surface area contributed by atoms with Crippen molar-refractivity contribution in [3.05, 3.63) is 0 Å². The molecule has 2 aliphatic rings. The molecule has 80 valence electrons. The van der Waals surface area contributed by atoms with Gasteiger partial charge in [-0.2, -0.15) is 0 Å². The molecule has 0 saturated carbocycles. The zero-order valence-corrected chi connectivity index (χ0v) is 7.99. The van der Waals surface area contributed by atoms with Crippen LogP contribution in [0.4, 0.5) is 0 Å². The van der Waals surface area contributed by atoms with Crippen LogP contribution in [-0.2, 0) is 9.53 Å². The van der Waals surface area contributed by atoms with Crippen molar-refractivity contribution in [3.8, 4) is 0 Å². The number of carbonyl (C=O) groups excluding carboxylic acids is 1. The van der Waals surface area contributed by atoms with Gasteiger partial charge in [-0.05, 0) is 0 Å². The average Bonchev–Trinajstić information content (AvgIpc) is 2.92. The SMILES string of the molecule is CC(CO)C1(CN)NC2OC2NC1=O. The van der Waals surface area contributed by atoms with Crippen LogP contribution in [0.5, 0.6) is 0 Å². The van der Waals surface area contributed by atoms with Gasteiger partial charge in [0.15, 0.2) is 12.5 Å². The van der Waals surface area contributed by atoms with E-state index in [9.17, 15) is 4.79 Å². The number of nitrogens with two attached hydrogens (primary N) is 1. The van der Waals surface area contributed by atoms with E-state index in [1.165, 1.54) is 0 Å². The molecule has 2 aliphatic heterocycles. The molecular formula is C8H15N3O3. The molecule has 2 saturated heterocycles. The monoisotopic (exact) mass is 201 g/mol. The van der Waals surface area contributed by atoms with E-state index in [1.807, 2.05) is 0 Å². The van der Waals surface area contributed by atoms with E-state index < -0.39 is 5.54 Å². The van der Waals surface area contributed by atoms with Gasteiger partial charge < -0.3 is 20.9 Å². The maximum absolute atomic E-state index is 11.7. The van der Waals surface area contributed by atoms with Gasteiger partial charge in [0.25, 0.3) is 0 Å². The summed E-state index contributed by atoms with van der Waals surface area (Å²) < 4.78 is 5.12. The quantitative estimate of drug-likeness (QED) is 0.385. The van der Waals surface area contributed by atoms with E-state index in [-0.39, 0.29) is 37.4 Å². The number of hydrogen-bond donors (Lipinski definition) is 4. The summed E-state index contributed by atoms with van der Waals surface area (Å²) in [6, 6.07) is 0. The molecule has 0 aromatic carbocycles. The Hall–Kier alpha value is -0.690. The van der Waals surface area contributed by atoms with Gasteiger partial charge in [-0.3, -0.25) is 10.1 Å². The molecule has 6 heteroatoms. The van der Waals surface area contributed by atoms with Crippen LogP contribution in [0.2, 0.25) is 0 Å². The van der Waals surface area contributed by atoms with Crippen LogP contribution in [0.15, 0.2) is 0 Å². The third-order valence-electron chi connectivity index (χ3n) is 3.01. The predicted molar refractivity (Wildman–Crippen MR) is 48.0 cm³/mol. The Morgan fingerprint density at radius 3 is 3.00 bits per heavy atom. The van der Waals surface area contributed by atoms with Gasteiger partial charge in [-0.1, -0.05) is 6.92 Å². The van der Waals surface area contributed by atoms with Crippen molar-refractivity contribution in [2.24, 2.45) is 11.7 Å². The number of rotatable bonds is 3. The summed E-state index contributed by atoms with van der Waals surface area (Å²) in [5.41, 5.74) is 4.70. The van der Waals surface area contributed by atoms with Crippen molar-refractivity contribution in [2.45, 2.75) is 24.9 Å². The van der Waals surface area contributed by atoms with Crippen LogP contribution >= 0.6 is 0 Å². The fraction of sp³-hybridized carbons (Fsp3) is 0.875. The standard InChI is InChI=1S/C8H15N3O3/c1-4(2-12)8(3-9)7(13)10-5-6(11-8)14-5/h4-6,11-12H,2-3,9H2,1H3,(H,10,13). The summed E-state index contributed by atoms with van der Waals surface area (Å²) in [4.78, 5) is 11.7. The van der Waals surface area contributed by atoms with Crippen LogP contribution in [0, 0.1) is 5.92 Å². The molecule has 0 aromatic heterocycles. The van der Waals surface area contributed by atoms with Crippen LogP contribution in [0.25, 0.3) is 0 Å². The molecule has 4 atom stereocenters. The third kappa shape index (κ3) is 1.23. The van der Waals surface area contributed by atoms with E-state index in [2.05, 4.69) is 10.6 Å². The summed E-state index contributed by atoms with van der Waals surface area (Å²) in [5, 5.41) is 14.8. The van der Waals surface area contributed by atoms with Crippen molar-refractivity contribution in [3.63, 3.8) is 0 Å². The first-order valence-corrected chi connectivity index (χ1v) is 4.69. The lowest BCUT2D eigenvalue weighted by Gasteiger charge is -2.38. The topological polar surface area (TPSA) is 99.9 Å². The smallest absolute Gasteiger partial charge is 0.244 e. The lowest BCUT2D eigenvalue weighted by atomic mass is 9.83. The van der Waals surface area contributed by atoms with Crippen molar-refractivity contribution in [1.29, 1.82) is 0 Å². The highest BCUT2D eigenvalue weighted by Gasteiger charge is 2.56. The number of ether oxygens (including phenoxy) is 1. The fourth-order valence-corrected chi connectivity index (χ4v) is 1.78. The number of nitrogens with one attached hydrogen (secondary N) is 2. The van der Waals surface area contributed by atoms with E-state index in [4.69, 9.17) is 15.6 Å². The Labute approximate surface area is 81.8 Å². The number of aliphatic hydroxyl groups is 1. The molecule has 0 spiro atoms. The molecular weight excluding hydrogens is 186 g/mol. The van der Waals surface area contributed by atoms with Gasteiger partial charge in [0, 0.05) is 19.1 Å². The number of piperazine rings is 1. The van der Waals surface area contributed by atoms with Crippen molar-refractivity contribution in [1.82, 2.24) is 10.6 Å². The lowest BCUT2D eigenvalue weighted by Crippen LogP contribution is -2.70. The minimum Gasteiger partial charge on any atom is -0.396 e. The highest BCUT2D eigenvalue weighted by molar-refractivity contribution is 5.88. The Balaban J connectivity index is 2.20. The largest absolute Gasteiger partial charge is 0.396 e. The molecule has 0 radical (unpaired) electrons. The number of carbonyl (C=O) groups is 1. The molecule has 2 rings (SSSR count). The lowest BCUT2D eigenvalue weighted by molar-refractivity contribution is -0.132. The normalized spacial score (nSPS) is 42.6. The Morgan fingerprint density at radius 1 is 1.71 bits per heavy atom. The summed E-state index contributed by atoms with van der Waals surface area (Å²) in [5.74, 6) is -0.432. The summed E-state index contributed by atoms with van der Waals surface area (Å²) in [6.07, 6.45) is -0.363. The van der Waals surface area contributed by atoms with Gasteiger partial charge in [-0.15, -0.1) is 0 Å². The Kier molecular flexibility index (Phi) is 2.23.